The molecule has 28 nitrogen and oxygen atoms in total. The third kappa shape index (κ3) is 22.1. The number of halogens is 14. The lowest BCUT2D eigenvalue weighted by molar-refractivity contribution is -0.145. The second-order valence-corrected chi connectivity index (χ2v) is 35.7. The second-order valence-electron chi connectivity index (χ2n) is 30.2. The molecule has 20 rings (SSSR count). The Hall–Kier alpha value is -7.47. The molecule has 5 aliphatic carbocycles. The molecule has 0 atom stereocenters. The van der Waals surface area contributed by atoms with E-state index in [0.717, 1.165) is 72.9 Å². The SMILES string of the molecule is CC1(F)CN(C(=O)CBr)C1.CC1(F)CN(C(=O)Cn2cnc3c(c(-c4ccc(F)c(Cl)c4)cn3C3CC3)c2=O)C1.CC1(F)CN(C(=O)Cn2cnc3c(c(Br)cn3C3CC3)c2=O)C1.Clc1ncnc2[nH]cc(Br)c12.Clc1ncnc2c1c(Br)cn2C1CC1.O.O.O=c1[nH]cnc2c1c(Br)cn2C1CC1.OB(O)c1ccc(F)c(Cl)c1.[B]C1CC1. The minimum absolute atomic E-state index is 0. The maximum atomic E-state index is 13.7. The van der Waals surface area contributed by atoms with Gasteiger partial charge < -0.3 is 63.9 Å². The Morgan fingerprint density at radius 3 is 1.36 bits per heavy atom. The lowest BCUT2D eigenvalue weighted by atomic mass is 9.80. The third-order valence-electron chi connectivity index (χ3n) is 19.8. The van der Waals surface area contributed by atoms with E-state index in [1.807, 2.05) is 33.9 Å². The maximum absolute atomic E-state index is 13.7. The molecule has 8 fully saturated rings. The largest absolute Gasteiger partial charge is 0.488 e. The first-order chi connectivity index (χ1) is 55.5. The molecule has 3 saturated heterocycles. The number of nitrogens with zero attached hydrogens (tertiary/aromatic N) is 16. The molecule has 0 bridgehead atoms. The molecule has 3 amide bonds. The Labute approximate surface area is 738 Å². The highest BCUT2D eigenvalue weighted by atomic mass is 79.9. The van der Waals surface area contributed by atoms with Crippen LogP contribution in [0.5, 0.6) is 0 Å². The first-order valence-corrected chi connectivity index (χ1v) is 42.7. The summed E-state index contributed by atoms with van der Waals surface area (Å²) in [6, 6.07) is 9.64. The summed E-state index contributed by atoms with van der Waals surface area (Å²) < 4.78 is 80.2. The number of likely N-dealkylation sites (tertiary alicyclic amines) is 3. The fraction of sp³-hybridized carbons (Fsp3) is 0.400. The van der Waals surface area contributed by atoms with Crippen molar-refractivity contribution < 1.29 is 57.3 Å². The van der Waals surface area contributed by atoms with Crippen molar-refractivity contribution in [2.75, 3.05) is 44.6 Å². The molecule has 8 N–H and O–H groups in total. The third-order valence-corrected chi connectivity index (χ3v) is 23.8. The monoisotopic (exact) mass is 2040 g/mol. The highest BCUT2D eigenvalue weighted by molar-refractivity contribution is 9.11. The summed E-state index contributed by atoms with van der Waals surface area (Å²) in [4.78, 5) is 112. The number of fused-ring (bicyclic) bond motifs is 5. The number of carbonyl (C=O) groups excluding carboxylic acids is 3. The fourth-order valence-electron chi connectivity index (χ4n) is 13.0. The van der Waals surface area contributed by atoms with E-state index in [1.165, 1.54) is 139 Å². The first kappa shape index (κ1) is 92.3. The van der Waals surface area contributed by atoms with Gasteiger partial charge in [0.1, 0.15) is 106 Å². The van der Waals surface area contributed by atoms with Crippen molar-refractivity contribution in [1.82, 2.24) is 87.0 Å². The number of benzene rings is 2. The Balaban J connectivity index is 0.000000139. The molecule has 5 saturated carbocycles. The van der Waals surface area contributed by atoms with E-state index in [9.17, 15) is 50.7 Å². The van der Waals surface area contributed by atoms with Crippen LogP contribution in [0.15, 0.2) is 131 Å². The van der Waals surface area contributed by atoms with Crippen LogP contribution in [0.25, 0.3) is 66.3 Å². The maximum Gasteiger partial charge on any atom is 0.488 e. The quantitative estimate of drug-likeness (QED) is 0.0404. The van der Waals surface area contributed by atoms with Gasteiger partial charge in [-0.2, -0.15) is 0 Å². The van der Waals surface area contributed by atoms with Crippen molar-refractivity contribution in [2.45, 2.75) is 145 Å². The minimum Gasteiger partial charge on any atom is -0.423 e. The van der Waals surface area contributed by atoms with Crippen LogP contribution in [0.3, 0.4) is 0 Å². The van der Waals surface area contributed by atoms with E-state index in [2.05, 4.69) is 134 Å². The predicted molar refractivity (Wildman–Crippen MR) is 463 cm³/mol. The van der Waals surface area contributed by atoms with E-state index >= 15 is 0 Å². The van der Waals surface area contributed by atoms with Gasteiger partial charge >= 0.3 is 7.12 Å². The van der Waals surface area contributed by atoms with Crippen molar-refractivity contribution in [3.05, 3.63) is 180 Å². The summed E-state index contributed by atoms with van der Waals surface area (Å²) in [5.74, 6) is -1.16. The number of carbonyl (C=O) groups is 3. The molecule has 44 heteroatoms. The zero-order valence-electron chi connectivity index (χ0n) is 63.5. The Kier molecular flexibility index (Phi) is 29.5. The molecule has 8 aliphatic rings. The Morgan fingerprint density at radius 2 is 0.924 bits per heavy atom. The van der Waals surface area contributed by atoms with Crippen LogP contribution in [0.1, 0.15) is 109 Å². The van der Waals surface area contributed by atoms with E-state index in [1.54, 1.807) is 12.3 Å². The van der Waals surface area contributed by atoms with Crippen LogP contribution in [0.4, 0.5) is 22.0 Å². The molecule has 119 heavy (non-hydrogen) atoms. The second kappa shape index (κ2) is 38.1. The van der Waals surface area contributed by atoms with Crippen molar-refractivity contribution >= 4 is 219 Å². The smallest absolute Gasteiger partial charge is 0.423 e. The Morgan fingerprint density at radius 1 is 0.521 bits per heavy atom. The van der Waals surface area contributed by atoms with Gasteiger partial charge in [-0.1, -0.05) is 93.1 Å². The van der Waals surface area contributed by atoms with Crippen LogP contribution in [0.2, 0.25) is 26.2 Å². The lowest BCUT2D eigenvalue weighted by Crippen LogP contribution is -2.60. The van der Waals surface area contributed by atoms with Crippen molar-refractivity contribution in [2.24, 2.45) is 0 Å². The molecule has 12 aromatic rings. The number of H-pyrrole nitrogens is 2. The zero-order chi connectivity index (χ0) is 84.0. The van der Waals surface area contributed by atoms with Crippen molar-refractivity contribution in [3.8, 4) is 11.1 Å². The summed E-state index contributed by atoms with van der Waals surface area (Å²) in [7, 11) is 3.62. The molecule has 2 aromatic carbocycles. The molecule has 0 unspecified atom stereocenters. The molecule has 10 aromatic heterocycles. The number of hydrogen-bond donors (Lipinski definition) is 4. The number of hydrogen-bond acceptors (Lipinski definition) is 15. The first-order valence-electron chi connectivity index (χ1n) is 36.8. The number of alkyl halides is 4. The van der Waals surface area contributed by atoms with Gasteiger partial charge in [-0.05, 0) is 171 Å². The van der Waals surface area contributed by atoms with Crippen LogP contribution < -0.4 is 22.1 Å². The highest BCUT2D eigenvalue weighted by Gasteiger charge is 2.44. The molecular weight excluding hydrogens is 1970 g/mol. The van der Waals surface area contributed by atoms with E-state index in [4.69, 9.17) is 64.3 Å². The van der Waals surface area contributed by atoms with Gasteiger partial charge in [0.25, 0.3) is 16.7 Å². The molecule has 3 aliphatic heterocycles. The topological polar surface area (TPSA) is 367 Å². The van der Waals surface area contributed by atoms with Gasteiger partial charge in [-0.15, -0.1) is 0 Å². The van der Waals surface area contributed by atoms with Gasteiger partial charge in [-0.3, -0.25) is 37.9 Å². The van der Waals surface area contributed by atoms with Crippen LogP contribution in [0, 0.1) is 11.6 Å². The van der Waals surface area contributed by atoms with E-state index in [0.29, 0.717) is 82.6 Å². The molecule has 0 spiro atoms. The number of aromatic nitrogens is 15. The fourth-order valence-corrected chi connectivity index (χ4v) is 16.6. The average molecular weight is 2050 g/mol. The summed E-state index contributed by atoms with van der Waals surface area (Å²) in [6.07, 6.45) is 28.2. The van der Waals surface area contributed by atoms with E-state index < -0.39 is 35.8 Å². The number of nitrogens with one attached hydrogen (secondary N) is 2. The van der Waals surface area contributed by atoms with Gasteiger partial charge in [-0.25, -0.2) is 56.8 Å². The van der Waals surface area contributed by atoms with Crippen LogP contribution in [-0.2, 0) is 27.5 Å². The van der Waals surface area contributed by atoms with Gasteiger partial charge in [0.15, 0.2) is 0 Å². The average Bonchev–Trinajstić information content (AvgIpc) is 1.62. The molecular formula is C75H76B2Br5Cl4F5N18O10. The minimum atomic E-state index is -1.60. The summed E-state index contributed by atoms with van der Waals surface area (Å²) in [5.41, 5.74) is 0.477. The van der Waals surface area contributed by atoms with Gasteiger partial charge in [0.2, 0.25) is 17.7 Å². The van der Waals surface area contributed by atoms with Crippen LogP contribution >= 0.6 is 126 Å². The lowest BCUT2D eigenvalue weighted by Gasteiger charge is -2.42. The summed E-state index contributed by atoms with van der Waals surface area (Å²) >= 11 is 39.7. The van der Waals surface area contributed by atoms with E-state index in [-0.39, 0.29) is 119 Å². The van der Waals surface area contributed by atoms with Gasteiger partial charge in [0, 0.05) is 69.7 Å². The number of aromatic amines is 2. The molecule has 13 heterocycles. The summed E-state index contributed by atoms with van der Waals surface area (Å²) in [6.45, 7) is 4.79. The number of amides is 3. The Bertz CT molecular complexity index is 5950. The molecule has 2 radical (unpaired) electrons. The van der Waals surface area contributed by atoms with Gasteiger partial charge in [0.05, 0.1) is 105 Å². The summed E-state index contributed by atoms with van der Waals surface area (Å²) in [5, 5.41) is 21.6. The van der Waals surface area contributed by atoms with Crippen molar-refractivity contribution in [3.63, 3.8) is 0 Å². The predicted octanol–water partition coefficient (Wildman–Crippen LogP) is 13.0. The van der Waals surface area contributed by atoms with Crippen molar-refractivity contribution in [1.29, 1.82) is 0 Å². The normalized spacial score (nSPS) is 16.8. The number of rotatable bonds is 11. The molecule has 630 valence electrons. The van der Waals surface area contributed by atoms with Crippen LogP contribution in [-0.4, -0.2) is 202 Å². The zero-order valence-corrected chi connectivity index (χ0v) is 74.5. The highest BCUT2D eigenvalue weighted by Crippen LogP contribution is 2.44. The standard InChI is InChI=1S/C21H19ClF2N4O2.C15H16BrFN4O2.C9H7BrClN3.C9H8BrN3O.C6H5BClFO2.C6H3BrClN3.C6H9BrFNO.C3H5B.2H2O/c1-21(24)9-27(10-21)17(29)8-26-11-25-19-18(20(26)30)14(7-28(19)13-3-4-13)12-2-5-16(23)15(22)6-12;1-15(17)6-20(7-15)11(22)5-19-8-18-13-12(14(19)23)10(16)4-21(13)9-2-3-9;10-6-3-14(5-1-2-5)9-7(6)8(11)12-4-13-9;10-6-3-13(5-1-2-5)8-7(6)9(14)12-4-11-8;8-5-3-4(7(10)11)1-2-6(5)9;7-3-1-9-6-4(3)5(8)10-2-11-6;1-6(8)3-9(4-6)5(10)2-7;4-3-1-2-3;;/h2,5-7,11,13H,3-4,8-10H2,1H3;4,8-9H,2-3,5-7H2,1H3;3-5H,1-2H2;3-5H,1-2H2,(H,11,12,14);1-3,10-11H;1-2H,(H,9,10,11);2-4H2,1H3;3H,1-2H2;2*1H2.